The van der Waals surface area contributed by atoms with Crippen molar-refractivity contribution >= 4 is 24.8 Å². The fourth-order valence-electron chi connectivity index (χ4n) is 2.91. The number of piperazine rings is 1. The van der Waals surface area contributed by atoms with Crippen LogP contribution >= 0.6 is 24.8 Å². The molecule has 2 rings (SSSR count). The van der Waals surface area contributed by atoms with Gasteiger partial charge in [-0.15, -0.1) is 24.8 Å². The van der Waals surface area contributed by atoms with Crippen LogP contribution in [0.4, 0.5) is 0 Å². The molecule has 5 heteroatoms. The summed E-state index contributed by atoms with van der Waals surface area (Å²) < 4.78 is 5.66. The minimum Gasteiger partial charge on any atom is -0.494 e. The summed E-state index contributed by atoms with van der Waals surface area (Å²) in [6, 6.07) is 9.15. The van der Waals surface area contributed by atoms with E-state index in [4.69, 9.17) is 4.74 Å². The van der Waals surface area contributed by atoms with Gasteiger partial charge in [-0.1, -0.05) is 26.0 Å². The highest BCUT2D eigenvalue weighted by molar-refractivity contribution is 5.85. The van der Waals surface area contributed by atoms with E-state index in [-0.39, 0.29) is 24.8 Å². The van der Waals surface area contributed by atoms with Crippen molar-refractivity contribution in [3.8, 4) is 5.75 Å². The molecule has 1 saturated heterocycles. The Labute approximate surface area is 147 Å². The van der Waals surface area contributed by atoms with Gasteiger partial charge in [0.25, 0.3) is 0 Å². The summed E-state index contributed by atoms with van der Waals surface area (Å²) in [5, 5.41) is 3.44. The molecule has 1 aromatic carbocycles. The van der Waals surface area contributed by atoms with Crippen molar-refractivity contribution in [2.75, 3.05) is 32.8 Å². The van der Waals surface area contributed by atoms with Crippen molar-refractivity contribution < 1.29 is 4.74 Å². The maximum absolute atomic E-state index is 5.66. The van der Waals surface area contributed by atoms with E-state index in [2.05, 4.69) is 48.3 Å². The molecule has 1 fully saturated rings. The van der Waals surface area contributed by atoms with Gasteiger partial charge in [-0.2, -0.15) is 0 Å². The lowest BCUT2D eigenvalue weighted by Gasteiger charge is -2.36. The minimum absolute atomic E-state index is 0. The average Bonchev–Trinajstić information content (AvgIpc) is 2.46. The average molecular weight is 349 g/mol. The number of benzene rings is 1. The molecule has 0 saturated carbocycles. The second-order valence-corrected chi connectivity index (χ2v) is 5.94. The molecule has 0 aromatic heterocycles. The summed E-state index contributed by atoms with van der Waals surface area (Å²) in [4.78, 5) is 2.61. The van der Waals surface area contributed by atoms with E-state index in [1.807, 2.05) is 6.92 Å². The normalized spacial score (nSPS) is 16.5. The Balaban J connectivity index is 0.00000220. The van der Waals surface area contributed by atoms with Crippen molar-refractivity contribution in [1.82, 2.24) is 10.2 Å². The summed E-state index contributed by atoms with van der Waals surface area (Å²) in [6.45, 7) is 11.8. The molecule has 0 spiro atoms. The van der Waals surface area contributed by atoms with E-state index in [0.717, 1.165) is 38.5 Å². The molecule has 0 radical (unpaired) electrons. The molecule has 1 aliphatic heterocycles. The number of hydrogen-bond acceptors (Lipinski definition) is 3. The fourth-order valence-corrected chi connectivity index (χ4v) is 2.91. The third kappa shape index (κ3) is 6.33. The molecule has 22 heavy (non-hydrogen) atoms. The number of nitrogens with zero attached hydrogens (tertiary/aromatic N) is 1. The van der Waals surface area contributed by atoms with Crippen LogP contribution in [0.25, 0.3) is 0 Å². The second kappa shape index (κ2) is 11.1. The zero-order valence-electron chi connectivity index (χ0n) is 13.9. The first-order valence-electron chi connectivity index (χ1n) is 7.88. The third-order valence-electron chi connectivity index (χ3n) is 3.84. The van der Waals surface area contributed by atoms with Crippen molar-refractivity contribution in [3.63, 3.8) is 0 Å². The molecule has 1 N–H and O–H groups in total. The van der Waals surface area contributed by atoms with Crippen LogP contribution in [0.3, 0.4) is 0 Å². The van der Waals surface area contributed by atoms with Crippen LogP contribution in [0.2, 0.25) is 0 Å². The first kappa shape index (κ1) is 21.5. The van der Waals surface area contributed by atoms with Gasteiger partial charge in [-0.3, -0.25) is 4.90 Å². The van der Waals surface area contributed by atoms with Gasteiger partial charge in [0.15, 0.2) is 0 Å². The Bertz CT molecular complexity index is 409. The SMILES string of the molecule is CCOc1cccc([C@H](CC(C)C)N2CCNCC2)c1.Cl.Cl. The maximum Gasteiger partial charge on any atom is 0.119 e. The topological polar surface area (TPSA) is 24.5 Å². The summed E-state index contributed by atoms with van der Waals surface area (Å²) in [5.74, 6) is 1.69. The monoisotopic (exact) mass is 348 g/mol. The number of rotatable bonds is 6. The summed E-state index contributed by atoms with van der Waals surface area (Å²) in [7, 11) is 0. The fraction of sp³-hybridized carbons (Fsp3) is 0.647. The summed E-state index contributed by atoms with van der Waals surface area (Å²) in [6.07, 6.45) is 1.20. The van der Waals surface area contributed by atoms with Gasteiger partial charge in [0.2, 0.25) is 0 Å². The van der Waals surface area contributed by atoms with Gasteiger partial charge < -0.3 is 10.1 Å². The van der Waals surface area contributed by atoms with Crippen LogP contribution in [0.1, 0.15) is 38.8 Å². The molecule has 0 amide bonds. The van der Waals surface area contributed by atoms with E-state index in [9.17, 15) is 0 Å². The summed E-state index contributed by atoms with van der Waals surface area (Å²) in [5.41, 5.74) is 1.39. The molecule has 128 valence electrons. The smallest absolute Gasteiger partial charge is 0.119 e. The van der Waals surface area contributed by atoms with Crippen molar-refractivity contribution in [2.24, 2.45) is 5.92 Å². The molecule has 1 aliphatic rings. The first-order chi connectivity index (χ1) is 9.70. The highest BCUT2D eigenvalue weighted by Gasteiger charge is 2.23. The van der Waals surface area contributed by atoms with Crippen LogP contribution in [0.15, 0.2) is 24.3 Å². The van der Waals surface area contributed by atoms with Gasteiger partial charge >= 0.3 is 0 Å². The highest BCUT2D eigenvalue weighted by Crippen LogP contribution is 2.30. The Hall–Kier alpha value is -0.480. The maximum atomic E-state index is 5.66. The molecule has 0 aliphatic carbocycles. The molecule has 0 bridgehead atoms. The van der Waals surface area contributed by atoms with Crippen molar-refractivity contribution in [3.05, 3.63) is 29.8 Å². The lowest BCUT2D eigenvalue weighted by atomic mass is 9.95. The Kier molecular flexibility index (Phi) is 10.9. The van der Waals surface area contributed by atoms with E-state index in [1.54, 1.807) is 0 Å². The standard InChI is InChI=1S/C17H28N2O.2ClH/c1-4-20-16-7-5-6-15(13-16)17(12-14(2)3)19-10-8-18-9-11-19;;/h5-7,13-14,17-18H,4,8-12H2,1-3H3;2*1H/t17-;;/m0../s1. The largest absolute Gasteiger partial charge is 0.494 e. The predicted octanol–water partition coefficient (Wildman–Crippen LogP) is 3.92. The lowest BCUT2D eigenvalue weighted by Crippen LogP contribution is -2.45. The molecular formula is C17H30Cl2N2O. The number of ether oxygens (including phenoxy) is 1. The molecular weight excluding hydrogens is 319 g/mol. The highest BCUT2D eigenvalue weighted by atomic mass is 35.5. The van der Waals surface area contributed by atoms with E-state index in [0.29, 0.717) is 12.0 Å². The second-order valence-electron chi connectivity index (χ2n) is 5.94. The van der Waals surface area contributed by atoms with E-state index >= 15 is 0 Å². The zero-order valence-corrected chi connectivity index (χ0v) is 15.5. The Morgan fingerprint density at radius 3 is 2.45 bits per heavy atom. The van der Waals surface area contributed by atoms with Crippen molar-refractivity contribution in [2.45, 2.75) is 33.2 Å². The van der Waals surface area contributed by atoms with E-state index < -0.39 is 0 Å². The van der Waals surface area contributed by atoms with E-state index in [1.165, 1.54) is 12.0 Å². The lowest BCUT2D eigenvalue weighted by molar-refractivity contribution is 0.154. The zero-order chi connectivity index (χ0) is 14.4. The van der Waals surface area contributed by atoms with Gasteiger partial charge in [-0.05, 0) is 37.0 Å². The van der Waals surface area contributed by atoms with Gasteiger partial charge in [0.05, 0.1) is 6.61 Å². The summed E-state index contributed by atoms with van der Waals surface area (Å²) >= 11 is 0. The van der Waals surface area contributed by atoms with Crippen LogP contribution < -0.4 is 10.1 Å². The number of nitrogens with one attached hydrogen (secondary N) is 1. The van der Waals surface area contributed by atoms with Crippen LogP contribution in [0, 0.1) is 5.92 Å². The van der Waals surface area contributed by atoms with Crippen LogP contribution in [-0.2, 0) is 0 Å². The molecule has 0 unspecified atom stereocenters. The van der Waals surface area contributed by atoms with Gasteiger partial charge in [-0.25, -0.2) is 0 Å². The quantitative estimate of drug-likeness (QED) is 0.842. The van der Waals surface area contributed by atoms with Crippen LogP contribution in [0.5, 0.6) is 5.75 Å². The number of hydrogen-bond donors (Lipinski definition) is 1. The Morgan fingerprint density at radius 2 is 1.86 bits per heavy atom. The molecule has 3 nitrogen and oxygen atoms in total. The molecule has 1 heterocycles. The molecule has 1 aromatic rings. The Morgan fingerprint density at radius 1 is 1.18 bits per heavy atom. The van der Waals surface area contributed by atoms with Crippen molar-refractivity contribution in [1.29, 1.82) is 0 Å². The van der Waals surface area contributed by atoms with Crippen LogP contribution in [-0.4, -0.2) is 37.7 Å². The van der Waals surface area contributed by atoms with Gasteiger partial charge in [0.1, 0.15) is 5.75 Å². The minimum atomic E-state index is 0. The predicted molar refractivity (Wildman–Crippen MR) is 98.7 cm³/mol. The number of halogens is 2. The first-order valence-corrected chi connectivity index (χ1v) is 7.88. The van der Waals surface area contributed by atoms with Gasteiger partial charge in [0, 0.05) is 32.2 Å². The molecule has 1 atom stereocenters. The third-order valence-corrected chi connectivity index (χ3v) is 3.84.